The SMILES string of the molecule is Cc1ccc(C)c(OCC(=O)NC(=S)Nc2ccc(OC(C)C)cc2)c1. The van der Waals surface area contributed by atoms with Gasteiger partial charge < -0.3 is 14.8 Å². The monoisotopic (exact) mass is 372 g/mol. The van der Waals surface area contributed by atoms with Crippen LogP contribution in [0.2, 0.25) is 0 Å². The largest absolute Gasteiger partial charge is 0.491 e. The molecule has 138 valence electrons. The third-order valence-electron chi connectivity index (χ3n) is 3.44. The fraction of sp³-hybridized carbons (Fsp3) is 0.300. The molecule has 6 heteroatoms. The smallest absolute Gasteiger partial charge is 0.264 e. The number of hydrogen-bond donors (Lipinski definition) is 2. The van der Waals surface area contributed by atoms with Gasteiger partial charge in [-0.15, -0.1) is 0 Å². The topological polar surface area (TPSA) is 59.6 Å². The Morgan fingerprint density at radius 2 is 1.81 bits per heavy atom. The number of amides is 1. The van der Waals surface area contributed by atoms with Crippen molar-refractivity contribution in [1.82, 2.24) is 5.32 Å². The van der Waals surface area contributed by atoms with Gasteiger partial charge in [-0.1, -0.05) is 12.1 Å². The van der Waals surface area contributed by atoms with Gasteiger partial charge in [-0.05, 0) is 81.4 Å². The van der Waals surface area contributed by atoms with Crippen molar-refractivity contribution in [1.29, 1.82) is 0 Å². The van der Waals surface area contributed by atoms with Crippen LogP contribution < -0.4 is 20.1 Å². The number of nitrogens with one attached hydrogen (secondary N) is 2. The van der Waals surface area contributed by atoms with E-state index in [1.807, 2.05) is 70.2 Å². The average molecular weight is 372 g/mol. The Morgan fingerprint density at radius 1 is 1.12 bits per heavy atom. The Balaban J connectivity index is 1.81. The molecule has 0 saturated heterocycles. The van der Waals surface area contributed by atoms with Crippen LogP contribution in [-0.2, 0) is 4.79 Å². The first-order valence-corrected chi connectivity index (χ1v) is 8.82. The molecule has 0 aromatic heterocycles. The predicted octanol–water partition coefficient (Wildman–Crippen LogP) is 3.98. The van der Waals surface area contributed by atoms with Gasteiger partial charge in [0.25, 0.3) is 5.91 Å². The molecule has 0 aliphatic heterocycles. The molecular formula is C20H24N2O3S. The summed E-state index contributed by atoms with van der Waals surface area (Å²) in [6, 6.07) is 13.2. The first kappa shape index (κ1) is 19.7. The molecule has 0 spiro atoms. The zero-order valence-corrected chi connectivity index (χ0v) is 16.3. The van der Waals surface area contributed by atoms with E-state index in [4.69, 9.17) is 21.7 Å². The van der Waals surface area contributed by atoms with Crippen molar-refractivity contribution in [3.8, 4) is 11.5 Å². The van der Waals surface area contributed by atoms with Gasteiger partial charge in [0.05, 0.1) is 6.10 Å². The second-order valence-electron chi connectivity index (χ2n) is 6.25. The van der Waals surface area contributed by atoms with Crippen LogP contribution >= 0.6 is 12.2 Å². The summed E-state index contributed by atoms with van der Waals surface area (Å²) in [5, 5.41) is 5.78. The lowest BCUT2D eigenvalue weighted by Gasteiger charge is -2.13. The molecule has 2 N–H and O–H groups in total. The number of anilines is 1. The third kappa shape index (κ3) is 6.37. The van der Waals surface area contributed by atoms with Gasteiger partial charge in [-0.3, -0.25) is 10.1 Å². The predicted molar refractivity (Wildman–Crippen MR) is 108 cm³/mol. The Hall–Kier alpha value is -2.60. The minimum absolute atomic E-state index is 0.104. The van der Waals surface area contributed by atoms with Crippen molar-refractivity contribution in [3.63, 3.8) is 0 Å². The van der Waals surface area contributed by atoms with Crippen LogP contribution in [0.25, 0.3) is 0 Å². The molecule has 0 fully saturated rings. The van der Waals surface area contributed by atoms with Gasteiger partial charge in [0.15, 0.2) is 11.7 Å². The minimum atomic E-state index is -0.317. The Bertz CT molecular complexity index is 773. The standard InChI is InChI=1S/C20H24N2O3S/c1-13(2)25-17-9-7-16(8-10-17)21-20(26)22-19(23)12-24-18-11-14(3)5-6-15(18)4/h5-11,13H,12H2,1-4H3,(H2,21,22,23,26). The molecule has 0 radical (unpaired) electrons. The van der Waals surface area contributed by atoms with Crippen LogP contribution in [0.1, 0.15) is 25.0 Å². The molecule has 2 aromatic rings. The molecule has 2 aromatic carbocycles. The first-order valence-electron chi connectivity index (χ1n) is 8.41. The van der Waals surface area contributed by atoms with Crippen LogP contribution in [0.5, 0.6) is 11.5 Å². The number of carbonyl (C=O) groups excluding carboxylic acids is 1. The molecule has 0 aliphatic rings. The van der Waals surface area contributed by atoms with Crippen LogP contribution in [0, 0.1) is 13.8 Å². The van der Waals surface area contributed by atoms with E-state index < -0.39 is 0 Å². The molecule has 0 atom stereocenters. The Labute approximate surface area is 159 Å². The molecule has 26 heavy (non-hydrogen) atoms. The lowest BCUT2D eigenvalue weighted by Crippen LogP contribution is -2.37. The van der Waals surface area contributed by atoms with Gasteiger partial charge in [0, 0.05) is 5.69 Å². The highest BCUT2D eigenvalue weighted by Gasteiger charge is 2.08. The van der Waals surface area contributed by atoms with Crippen molar-refractivity contribution < 1.29 is 14.3 Å². The molecule has 5 nitrogen and oxygen atoms in total. The number of hydrogen-bond acceptors (Lipinski definition) is 4. The fourth-order valence-electron chi connectivity index (χ4n) is 2.22. The number of carbonyl (C=O) groups is 1. The van der Waals surface area contributed by atoms with Gasteiger partial charge >= 0.3 is 0 Å². The summed E-state index contributed by atoms with van der Waals surface area (Å²) in [7, 11) is 0. The Kier molecular flexibility index (Phi) is 6.97. The second-order valence-corrected chi connectivity index (χ2v) is 6.66. The summed E-state index contributed by atoms with van der Waals surface area (Å²) in [5.41, 5.74) is 2.82. The average Bonchev–Trinajstić information content (AvgIpc) is 2.57. The van der Waals surface area contributed by atoms with Gasteiger partial charge in [0.2, 0.25) is 0 Å². The van der Waals surface area contributed by atoms with Crippen LogP contribution in [0.3, 0.4) is 0 Å². The summed E-state index contributed by atoms with van der Waals surface area (Å²) in [5.74, 6) is 1.16. The summed E-state index contributed by atoms with van der Waals surface area (Å²) in [6.07, 6.45) is 0.117. The summed E-state index contributed by atoms with van der Waals surface area (Å²) in [4.78, 5) is 12.0. The number of rotatable bonds is 6. The lowest BCUT2D eigenvalue weighted by atomic mass is 10.1. The number of aryl methyl sites for hydroxylation is 2. The number of benzene rings is 2. The maximum Gasteiger partial charge on any atom is 0.264 e. The maximum atomic E-state index is 12.0. The third-order valence-corrected chi connectivity index (χ3v) is 3.64. The van der Waals surface area contributed by atoms with Crippen LogP contribution in [0.4, 0.5) is 5.69 Å². The van der Waals surface area contributed by atoms with E-state index in [9.17, 15) is 4.79 Å². The number of thiocarbonyl (C=S) groups is 1. The first-order chi connectivity index (χ1) is 12.3. The van der Waals surface area contributed by atoms with E-state index in [1.54, 1.807) is 0 Å². The molecule has 0 heterocycles. The van der Waals surface area contributed by atoms with E-state index in [-0.39, 0.29) is 23.7 Å². The molecule has 0 unspecified atom stereocenters. The maximum absolute atomic E-state index is 12.0. The molecule has 0 aliphatic carbocycles. The highest BCUT2D eigenvalue weighted by molar-refractivity contribution is 7.80. The van der Waals surface area contributed by atoms with Crippen molar-refractivity contribution >= 4 is 28.9 Å². The number of ether oxygens (including phenoxy) is 2. The zero-order chi connectivity index (χ0) is 19.1. The normalized spacial score (nSPS) is 10.3. The van der Waals surface area contributed by atoms with Crippen molar-refractivity contribution in [2.24, 2.45) is 0 Å². The quantitative estimate of drug-likeness (QED) is 0.751. The van der Waals surface area contributed by atoms with E-state index >= 15 is 0 Å². The van der Waals surface area contributed by atoms with E-state index in [0.717, 1.165) is 22.6 Å². The molecule has 0 saturated carbocycles. The Morgan fingerprint density at radius 3 is 2.46 bits per heavy atom. The van der Waals surface area contributed by atoms with Gasteiger partial charge in [0.1, 0.15) is 11.5 Å². The fourth-order valence-corrected chi connectivity index (χ4v) is 2.45. The van der Waals surface area contributed by atoms with Crippen molar-refractivity contribution in [2.75, 3.05) is 11.9 Å². The molecule has 2 rings (SSSR count). The van der Waals surface area contributed by atoms with E-state index in [1.165, 1.54) is 0 Å². The minimum Gasteiger partial charge on any atom is -0.491 e. The highest BCUT2D eigenvalue weighted by Crippen LogP contribution is 2.19. The van der Waals surface area contributed by atoms with Crippen LogP contribution in [0.15, 0.2) is 42.5 Å². The van der Waals surface area contributed by atoms with Gasteiger partial charge in [-0.2, -0.15) is 0 Å². The van der Waals surface area contributed by atoms with E-state index in [0.29, 0.717) is 5.75 Å². The second kappa shape index (κ2) is 9.20. The van der Waals surface area contributed by atoms with Crippen LogP contribution in [-0.4, -0.2) is 23.7 Å². The van der Waals surface area contributed by atoms with Gasteiger partial charge in [-0.25, -0.2) is 0 Å². The summed E-state index contributed by atoms with van der Waals surface area (Å²) in [6.45, 7) is 7.75. The molecule has 1 amide bonds. The summed E-state index contributed by atoms with van der Waals surface area (Å²) < 4.78 is 11.2. The molecular weight excluding hydrogens is 348 g/mol. The zero-order valence-electron chi connectivity index (χ0n) is 15.5. The lowest BCUT2D eigenvalue weighted by molar-refractivity contribution is -0.121. The van der Waals surface area contributed by atoms with Crippen molar-refractivity contribution in [3.05, 3.63) is 53.6 Å². The molecule has 0 bridgehead atoms. The summed E-state index contributed by atoms with van der Waals surface area (Å²) >= 11 is 5.16. The van der Waals surface area contributed by atoms with Crippen molar-refractivity contribution in [2.45, 2.75) is 33.8 Å². The highest BCUT2D eigenvalue weighted by atomic mass is 32.1. The van der Waals surface area contributed by atoms with E-state index in [2.05, 4.69) is 10.6 Å².